The Balaban J connectivity index is 1.75. The maximum Gasteiger partial charge on any atom is 0.192 e. The first-order valence-electron chi connectivity index (χ1n) is 10.2. The molecule has 11 heteroatoms. The van der Waals surface area contributed by atoms with Gasteiger partial charge in [0.15, 0.2) is 14.9 Å². The van der Waals surface area contributed by atoms with E-state index in [0.29, 0.717) is 35.8 Å². The number of sulfone groups is 1. The van der Waals surface area contributed by atoms with E-state index in [4.69, 9.17) is 9.72 Å². The second-order valence-corrected chi connectivity index (χ2v) is 9.92. The summed E-state index contributed by atoms with van der Waals surface area (Å²) in [5.74, 6) is 0.799. The maximum atomic E-state index is 12.0. The molecule has 0 aromatic carbocycles. The zero-order valence-electron chi connectivity index (χ0n) is 18.0. The van der Waals surface area contributed by atoms with Gasteiger partial charge in [0, 0.05) is 35.8 Å². The summed E-state index contributed by atoms with van der Waals surface area (Å²) in [5.41, 5.74) is 5.02. The smallest absolute Gasteiger partial charge is 0.192 e. The second-order valence-electron chi connectivity index (χ2n) is 7.96. The molecular weight excluding hydrogens is 430 g/mol. The molecular formula is C21H23N7O3S. The molecule has 0 unspecified atom stereocenters. The number of nitrogens with zero attached hydrogens (tertiary/aromatic N) is 5. The lowest BCUT2D eigenvalue weighted by molar-refractivity contribution is 0.0986. The number of H-pyrrole nitrogens is 2. The summed E-state index contributed by atoms with van der Waals surface area (Å²) in [6, 6.07) is 7.32. The minimum atomic E-state index is -3.40. The van der Waals surface area contributed by atoms with Gasteiger partial charge in [-0.1, -0.05) is 0 Å². The van der Waals surface area contributed by atoms with Gasteiger partial charge in [-0.3, -0.25) is 10.2 Å². The summed E-state index contributed by atoms with van der Waals surface area (Å²) >= 11 is 0. The minimum Gasteiger partial charge on any atom is -0.377 e. The number of aromatic amines is 2. The summed E-state index contributed by atoms with van der Waals surface area (Å²) in [4.78, 5) is 11.5. The number of aryl methyl sites for hydroxylation is 1. The number of aromatic nitrogens is 6. The fraction of sp³-hybridized carbons (Fsp3) is 0.333. The number of fused-ring (bicyclic) bond motifs is 1. The molecule has 1 atom stereocenters. The van der Waals surface area contributed by atoms with Crippen LogP contribution < -0.4 is 4.90 Å². The molecule has 0 spiro atoms. The van der Waals surface area contributed by atoms with Crippen molar-refractivity contribution in [1.82, 2.24) is 30.4 Å². The molecule has 1 aliphatic rings. The van der Waals surface area contributed by atoms with Gasteiger partial charge in [0.2, 0.25) is 0 Å². The summed E-state index contributed by atoms with van der Waals surface area (Å²) in [5, 5.41) is 14.7. The van der Waals surface area contributed by atoms with Crippen LogP contribution in [0.4, 0.5) is 5.82 Å². The SMILES string of the molecule is Cc1nc(S(C)(=O)=O)ccc1-c1cc(N2CCOC[C@H]2C)nc2c(-c3cc[nH]n3)n[nH]c12. The van der Waals surface area contributed by atoms with Crippen LogP contribution in [0, 0.1) is 6.92 Å². The quantitative estimate of drug-likeness (QED) is 0.482. The lowest BCUT2D eigenvalue weighted by atomic mass is 10.0. The van der Waals surface area contributed by atoms with E-state index in [2.05, 4.69) is 37.2 Å². The van der Waals surface area contributed by atoms with Crippen LogP contribution >= 0.6 is 0 Å². The van der Waals surface area contributed by atoms with E-state index in [1.165, 1.54) is 6.07 Å². The molecule has 1 saturated heterocycles. The van der Waals surface area contributed by atoms with Gasteiger partial charge in [-0.15, -0.1) is 0 Å². The van der Waals surface area contributed by atoms with Gasteiger partial charge < -0.3 is 9.64 Å². The third-order valence-electron chi connectivity index (χ3n) is 5.65. The van der Waals surface area contributed by atoms with Gasteiger partial charge in [0.05, 0.1) is 24.8 Å². The van der Waals surface area contributed by atoms with Crippen LogP contribution in [0.3, 0.4) is 0 Å². The summed E-state index contributed by atoms with van der Waals surface area (Å²) < 4.78 is 29.5. The summed E-state index contributed by atoms with van der Waals surface area (Å²) in [6.07, 6.45) is 2.89. The van der Waals surface area contributed by atoms with Crippen molar-refractivity contribution in [3.05, 3.63) is 36.2 Å². The van der Waals surface area contributed by atoms with Crippen molar-refractivity contribution in [2.45, 2.75) is 24.9 Å². The third kappa shape index (κ3) is 3.53. The number of anilines is 1. The average Bonchev–Trinajstić information content (AvgIpc) is 3.42. The van der Waals surface area contributed by atoms with Crippen LogP contribution in [-0.2, 0) is 14.6 Å². The van der Waals surface area contributed by atoms with Crippen LogP contribution in [0.2, 0.25) is 0 Å². The number of hydrogen-bond donors (Lipinski definition) is 2. The summed E-state index contributed by atoms with van der Waals surface area (Å²) in [7, 11) is -3.40. The highest BCUT2D eigenvalue weighted by molar-refractivity contribution is 7.90. The van der Waals surface area contributed by atoms with Crippen LogP contribution in [0.25, 0.3) is 33.5 Å². The van der Waals surface area contributed by atoms with Gasteiger partial charge in [-0.05, 0) is 38.1 Å². The van der Waals surface area contributed by atoms with E-state index in [0.717, 1.165) is 35.3 Å². The van der Waals surface area contributed by atoms with Crippen LogP contribution in [0.15, 0.2) is 35.5 Å². The average molecular weight is 454 g/mol. The third-order valence-corrected chi connectivity index (χ3v) is 6.63. The van der Waals surface area contributed by atoms with E-state index in [1.807, 2.05) is 12.1 Å². The number of nitrogens with one attached hydrogen (secondary N) is 2. The molecule has 0 aliphatic carbocycles. The molecule has 10 nitrogen and oxygen atoms in total. The Labute approximate surface area is 185 Å². The molecule has 5 heterocycles. The lowest BCUT2D eigenvalue weighted by Crippen LogP contribution is -2.44. The van der Waals surface area contributed by atoms with E-state index >= 15 is 0 Å². The Bertz CT molecular complexity index is 1400. The van der Waals surface area contributed by atoms with Crippen molar-refractivity contribution in [2.24, 2.45) is 0 Å². The number of rotatable bonds is 4. The van der Waals surface area contributed by atoms with E-state index in [1.54, 1.807) is 19.2 Å². The molecule has 5 rings (SSSR count). The fourth-order valence-electron chi connectivity index (χ4n) is 4.01. The molecule has 0 radical (unpaired) electrons. The molecule has 4 aromatic rings. The first-order valence-corrected chi connectivity index (χ1v) is 12.1. The van der Waals surface area contributed by atoms with Crippen molar-refractivity contribution in [2.75, 3.05) is 30.9 Å². The Morgan fingerprint density at radius 2 is 2.00 bits per heavy atom. The first-order chi connectivity index (χ1) is 15.3. The van der Waals surface area contributed by atoms with Crippen LogP contribution in [-0.4, -0.2) is 70.8 Å². The van der Waals surface area contributed by atoms with Gasteiger partial charge in [-0.25, -0.2) is 18.4 Å². The number of morpholine rings is 1. The largest absolute Gasteiger partial charge is 0.377 e. The molecule has 1 fully saturated rings. The molecule has 32 heavy (non-hydrogen) atoms. The molecule has 166 valence electrons. The van der Waals surface area contributed by atoms with Crippen LogP contribution in [0.1, 0.15) is 12.6 Å². The molecule has 0 saturated carbocycles. The Hall–Kier alpha value is -3.31. The van der Waals surface area contributed by atoms with Crippen molar-refractivity contribution in [3.63, 3.8) is 0 Å². The van der Waals surface area contributed by atoms with Crippen molar-refractivity contribution in [1.29, 1.82) is 0 Å². The topological polar surface area (TPSA) is 130 Å². The molecule has 1 aliphatic heterocycles. The molecule has 2 N–H and O–H groups in total. The van der Waals surface area contributed by atoms with Crippen molar-refractivity contribution in [3.8, 4) is 22.5 Å². The molecule has 4 aromatic heterocycles. The van der Waals surface area contributed by atoms with Crippen molar-refractivity contribution < 1.29 is 13.2 Å². The molecule has 0 amide bonds. The first kappa shape index (κ1) is 20.6. The Morgan fingerprint density at radius 1 is 1.16 bits per heavy atom. The minimum absolute atomic E-state index is 0.0490. The van der Waals surface area contributed by atoms with Crippen molar-refractivity contribution >= 4 is 26.7 Å². The number of ether oxygens (including phenoxy) is 1. The van der Waals surface area contributed by atoms with E-state index in [-0.39, 0.29) is 11.1 Å². The highest BCUT2D eigenvalue weighted by atomic mass is 32.2. The zero-order chi connectivity index (χ0) is 22.5. The second kappa shape index (κ2) is 7.68. The highest BCUT2D eigenvalue weighted by Gasteiger charge is 2.25. The van der Waals surface area contributed by atoms with Gasteiger partial charge in [0.1, 0.15) is 22.7 Å². The fourth-order valence-corrected chi connectivity index (χ4v) is 4.63. The Kier molecular flexibility index (Phi) is 4.94. The van der Waals surface area contributed by atoms with Gasteiger partial charge >= 0.3 is 0 Å². The van der Waals surface area contributed by atoms with E-state index in [9.17, 15) is 8.42 Å². The van der Waals surface area contributed by atoms with E-state index < -0.39 is 9.84 Å². The van der Waals surface area contributed by atoms with Gasteiger partial charge in [-0.2, -0.15) is 10.2 Å². The maximum absolute atomic E-state index is 12.0. The highest BCUT2D eigenvalue weighted by Crippen LogP contribution is 2.36. The van der Waals surface area contributed by atoms with Gasteiger partial charge in [0.25, 0.3) is 0 Å². The Morgan fingerprint density at radius 3 is 2.69 bits per heavy atom. The standard InChI is InChI=1S/C21H23N7O3S/c1-12-11-31-9-8-28(12)17-10-15(14-4-5-18(23-13(14)2)32(3,29)30)19-21(24-17)20(27-26-19)16-6-7-22-25-16/h4-7,10,12H,8-9,11H2,1-3H3,(H,22,25)(H,26,27)/t12-/m1/s1. The zero-order valence-corrected chi connectivity index (χ0v) is 18.8. The lowest BCUT2D eigenvalue weighted by Gasteiger charge is -2.34. The summed E-state index contributed by atoms with van der Waals surface area (Å²) in [6.45, 7) is 5.87. The number of hydrogen-bond acceptors (Lipinski definition) is 8. The number of pyridine rings is 2. The van der Waals surface area contributed by atoms with Crippen LogP contribution in [0.5, 0.6) is 0 Å². The monoisotopic (exact) mass is 453 g/mol. The predicted molar refractivity (Wildman–Crippen MR) is 120 cm³/mol. The predicted octanol–water partition coefficient (Wildman–Crippen LogP) is 2.35. The molecule has 0 bridgehead atoms. The normalized spacial score (nSPS) is 17.2.